The second-order valence-electron chi connectivity index (χ2n) is 4.87. The first-order valence-electron chi connectivity index (χ1n) is 6.90. The monoisotopic (exact) mass is 304 g/mol. The molecule has 0 bridgehead atoms. The minimum Gasteiger partial charge on any atom is -0.330 e. The maximum atomic E-state index is 12.9. The lowest BCUT2D eigenvalue weighted by Gasteiger charge is -2.24. The Hall–Kier alpha value is -1.85. The van der Waals surface area contributed by atoms with Crippen molar-refractivity contribution in [1.82, 2.24) is 0 Å². The fourth-order valence-corrected chi connectivity index (χ4v) is 3.73. The number of nitrogens with zero attached hydrogens (tertiary/aromatic N) is 1. The van der Waals surface area contributed by atoms with E-state index in [0.29, 0.717) is 30.1 Å². The van der Waals surface area contributed by atoms with E-state index in [-0.39, 0.29) is 0 Å². The first kappa shape index (κ1) is 15.5. The summed E-state index contributed by atoms with van der Waals surface area (Å²) in [4.78, 5) is 0.309. The van der Waals surface area contributed by atoms with Crippen LogP contribution in [-0.4, -0.2) is 21.5 Å². The molecule has 0 amide bonds. The predicted molar refractivity (Wildman–Crippen MR) is 85.8 cm³/mol. The lowest BCUT2D eigenvalue weighted by molar-refractivity contribution is 0.589. The number of para-hydroxylation sites is 1. The normalized spacial score (nSPS) is 11.3. The van der Waals surface area contributed by atoms with Crippen LogP contribution in [0.4, 0.5) is 5.69 Å². The molecule has 0 heterocycles. The average molecular weight is 304 g/mol. The fraction of sp³-hybridized carbons (Fsp3) is 0.250. The van der Waals surface area contributed by atoms with Gasteiger partial charge in [0.25, 0.3) is 10.0 Å². The third kappa shape index (κ3) is 3.62. The van der Waals surface area contributed by atoms with Gasteiger partial charge in [0.15, 0.2) is 0 Å². The van der Waals surface area contributed by atoms with Gasteiger partial charge in [-0.05, 0) is 49.7 Å². The summed E-state index contributed by atoms with van der Waals surface area (Å²) in [5.41, 5.74) is 7.12. The number of nitrogens with two attached hydrogens (primary N) is 1. The molecule has 2 aromatic carbocycles. The van der Waals surface area contributed by atoms with Gasteiger partial charge < -0.3 is 5.73 Å². The molecule has 0 aliphatic heterocycles. The largest absolute Gasteiger partial charge is 0.330 e. The Morgan fingerprint density at radius 3 is 2.38 bits per heavy atom. The molecule has 0 spiro atoms. The third-order valence-corrected chi connectivity index (χ3v) is 5.01. The van der Waals surface area contributed by atoms with Crippen LogP contribution in [0.1, 0.15) is 12.0 Å². The number of aryl methyl sites for hydroxylation is 1. The molecule has 0 unspecified atom stereocenters. The summed E-state index contributed by atoms with van der Waals surface area (Å²) < 4.78 is 27.2. The first-order valence-corrected chi connectivity index (χ1v) is 8.34. The maximum Gasteiger partial charge on any atom is 0.264 e. The van der Waals surface area contributed by atoms with E-state index in [2.05, 4.69) is 0 Å². The van der Waals surface area contributed by atoms with Gasteiger partial charge >= 0.3 is 0 Å². The molecule has 0 aromatic heterocycles. The van der Waals surface area contributed by atoms with E-state index in [9.17, 15) is 8.42 Å². The second-order valence-corrected chi connectivity index (χ2v) is 6.73. The smallest absolute Gasteiger partial charge is 0.264 e. The molecular formula is C16H20N2O2S. The summed E-state index contributed by atoms with van der Waals surface area (Å²) in [5.74, 6) is 0. The minimum atomic E-state index is -3.57. The lowest BCUT2D eigenvalue weighted by Crippen LogP contribution is -2.33. The molecule has 21 heavy (non-hydrogen) atoms. The molecule has 0 aliphatic rings. The van der Waals surface area contributed by atoms with Crippen LogP contribution in [-0.2, 0) is 10.0 Å². The van der Waals surface area contributed by atoms with Crippen LogP contribution in [0.5, 0.6) is 0 Å². The standard InChI is InChI=1S/C16H20N2O2S/c1-14-7-5-10-16(13-14)21(19,20)18(12-6-11-17)15-8-3-2-4-9-15/h2-5,7-10,13H,6,11-12,17H2,1H3. The predicted octanol–water partition coefficient (Wildman–Crippen LogP) is 2.54. The van der Waals surface area contributed by atoms with Gasteiger partial charge in [-0.25, -0.2) is 8.42 Å². The van der Waals surface area contributed by atoms with Gasteiger partial charge in [0.05, 0.1) is 10.6 Å². The Labute approximate surface area is 126 Å². The van der Waals surface area contributed by atoms with Crippen LogP contribution < -0.4 is 10.0 Å². The molecule has 0 atom stereocenters. The Kier molecular flexibility index (Phi) is 4.98. The molecule has 0 aliphatic carbocycles. The topological polar surface area (TPSA) is 63.4 Å². The first-order chi connectivity index (χ1) is 10.1. The van der Waals surface area contributed by atoms with Gasteiger partial charge in [-0.1, -0.05) is 30.3 Å². The summed E-state index contributed by atoms with van der Waals surface area (Å²) in [6, 6.07) is 16.1. The van der Waals surface area contributed by atoms with E-state index in [1.165, 1.54) is 4.31 Å². The fourth-order valence-electron chi connectivity index (χ4n) is 2.12. The number of hydrogen-bond donors (Lipinski definition) is 1. The van der Waals surface area contributed by atoms with Crippen molar-refractivity contribution in [1.29, 1.82) is 0 Å². The number of rotatable bonds is 6. The summed E-state index contributed by atoms with van der Waals surface area (Å²) in [7, 11) is -3.57. The van der Waals surface area contributed by atoms with Crippen molar-refractivity contribution in [3.05, 3.63) is 60.2 Å². The van der Waals surface area contributed by atoms with Crippen LogP contribution in [0, 0.1) is 6.92 Å². The van der Waals surface area contributed by atoms with E-state index in [1.807, 2.05) is 31.2 Å². The van der Waals surface area contributed by atoms with E-state index in [4.69, 9.17) is 5.73 Å². The summed E-state index contributed by atoms with van der Waals surface area (Å²) in [6.45, 7) is 2.70. The molecule has 5 heteroatoms. The van der Waals surface area contributed by atoms with E-state index in [0.717, 1.165) is 5.56 Å². The second kappa shape index (κ2) is 6.74. The highest BCUT2D eigenvalue weighted by Crippen LogP contribution is 2.24. The molecule has 0 saturated heterocycles. The van der Waals surface area contributed by atoms with Crippen molar-refractivity contribution < 1.29 is 8.42 Å². The van der Waals surface area contributed by atoms with Crippen molar-refractivity contribution in [2.24, 2.45) is 5.73 Å². The summed E-state index contributed by atoms with van der Waals surface area (Å²) in [6.07, 6.45) is 0.611. The minimum absolute atomic E-state index is 0.309. The molecule has 2 rings (SSSR count). The molecule has 0 radical (unpaired) electrons. The van der Waals surface area contributed by atoms with Gasteiger partial charge in [-0.3, -0.25) is 4.31 Å². The van der Waals surface area contributed by atoms with E-state index in [1.54, 1.807) is 30.3 Å². The van der Waals surface area contributed by atoms with Gasteiger partial charge in [-0.2, -0.15) is 0 Å². The number of anilines is 1. The van der Waals surface area contributed by atoms with Crippen molar-refractivity contribution in [3.8, 4) is 0 Å². The molecule has 0 saturated carbocycles. The lowest BCUT2D eigenvalue weighted by atomic mass is 10.2. The summed E-state index contributed by atoms with van der Waals surface area (Å²) in [5, 5.41) is 0. The SMILES string of the molecule is Cc1cccc(S(=O)(=O)N(CCCN)c2ccccc2)c1. The number of hydrogen-bond acceptors (Lipinski definition) is 3. The zero-order valence-electron chi connectivity index (χ0n) is 12.1. The Bertz CT molecular complexity index is 684. The molecular weight excluding hydrogens is 284 g/mol. The molecule has 4 nitrogen and oxygen atoms in total. The zero-order chi connectivity index (χ0) is 15.3. The molecule has 112 valence electrons. The molecule has 0 fully saturated rings. The van der Waals surface area contributed by atoms with Gasteiger partial charge in [0.1, 0.15) is 0 Å². The Morgan fingerprint density at radius 1 is 1.05 bits per heavy atom. The quantitative estimate of drug-likeness (QED) is 0.892. The zero-order valence-corrected chi connectivity index (χ0v) is 12.9. The molecule has 2 N–H and O–H groups in total. The average Bonchev–Trinajstić information content (AvgIpc) is 2.48. The van der Waals surface area contributed by atoms with Gasteiger partial charge in [-0.15, -0.1) is 0 Å². The number of sulfonamides is 1. The Balaban J connectivity index is 2.44. The van der Waals surface area contributed by atoms with Crippen molar-refractivity contribution >= 4 is 15.7 Å². The van der Waals surface area contributed by atoms with E-state index < -0.39 is 10.0 Å². The van der Waals surface area contributed by atoms with Gasteiger partial charge in [0.2, 0.25) is 0 Å². The Morgan fingerprint density at radius 2 is 1.76 bits per heavy atom. The highest BCUT2D eigenvalue weighted by Gasteiger charge is 2.24. The van der Waals surface area contributed by atoms with Crippen molar-refractivity contribution in [2.75, 3.05) is 17.4 Å². The van der Waals surface area contributed by atoms with Crippen LogP contribution in [0.25, 0.3) is 0 Å². The highest BCUT2D eigenvalue weighted by molar-refractivity contribution is 7.92. The number of benzene rings is 2. The van der Waals surface area contributed by atoms with Crippen LogP contribution >= 0.6 is 0 Å². The van der Waals surface area contributed by atoms with Crippen LogP contribution in [0.2, 0.25) is 0 Å². The summed E-state index contributed by atoms with van der Waals surface area (Å²) >= 11 is 0. The molecule has 2 aromatic rings. The van der Waals surface area contributed by atoms with Gasteiger partial charge in [0, 0.05) is 6.54 Å². The van der Waals surface area contributed by atoms with Crippen LogP contribution in [0.3, 0.4) is 0 Å². The highest BCUT2D eigenvalue weighted by atomic mass is 32.2. The van der Waals surface area contributed by atoms with Crippen LogP contribution in [0.15, 0.2) is 59.5 Å². The van der Waals surface area contributed by atoms with Crippen molar-refractivity contribution in [3.63, 3.8) is 0 Å². The third-order valence-electron chi connectivity index (χ3n) is 3.19. The maximum absolute atomic E-state index is 12.9. The van der Waals surface area contributed by atoms with Crippen molar-refractivity contribution in [2.45, 2.75) is 18.2 Å². The van der Waals surface area contributed by atoms with E-state index >= 15 is 0 Å².